The molecule has 1 fully saturated rings. The zero-order valence-corrected chi connectivity index (χ0v) is 17.5. The van der Waals surface area contributed by atoms with Crippen LogP contribution in [0.25, 0.3) is 11.2 Å². The third-order valence-corrected chi connectivity index (χ3v) is 6.51. The van der Waals surface area contributed by atoms with Gasteiger partial charge in [0.25, 0.3) is 0 Å². The van der Waals surface area contributed by atoms with Gasteiger partial charge in [-0.25, -0.2) is 10.1 Å². The van der Waals surface area contributed by atoms with Gasteiger partial charge in [-0.2, -0.15) is 5.10 Å². The van der Waals surface area contributed by atoms with Crippen LogP contribution in [0.5, 0.6) is 0 Å². The number of hydrogen-bond acceptors (Lipinski definition) is 6. The highest BCUT2D eigenvalue weighted by Gasteiger charge is 2.24. The Morgan fingerprint density at radius 3 is 2.74 bits per heavy atom. The summed E-state index contributed by atoms with van der Waals surface area (Å²) in [5.41, 5.74) is 11.1. The molecule has 0 bridgehead atoms. The quantitative estimate of drug-likeness (QED) is 0.366. The molecule has 1 atom stereocenters. The Bertz CT molecular complexity index is 1100. The second-order valence-corrected chi connectivity index (χ2v) is 8.43. The van der Waals surface area contributed by atoms with Gasteiger partial charge < -0.3 is 11.1 Å². The Morgan fingerprint density at radius 2 is 1.97 bits per heavy atom. The topological polar surface area (TPSA) is 121 Å². The minimum atomic E-state index is 0.116. The van der Waals surface area contributed by atoms with Crippen molar-refractivity contribution in [3.05, 3.63) is 65.5 Å². The van der Waals surface area contributed by atoms with Crippen LogP contribution < -0.4 is 11.1 Å². The number of fused-ring (bicyclic) bond motifs is 1. The fourth-order valence-corrected chi connectivity index (χ4v) is 4.89. The molecule has 1 aromatic carbocycles. The molecule has 0 aliphatic heterocycles. The Labute approximate surface area is 181 Å². The Balaban J connectivity index is 1.24. The third-order valence-electron chi connectivity index (χ3n) is 6.51. The van der Waals surface area contributed by atoms with Crippen LogP contribution in [-0.4, -0.2) is 43.2 Å². The molecule has 1 aliphatic rings. The summed E-state index contributed by atoms with van der Waals surface area (Å²) in [5, 5.41) is 21.9. The Hall–Kier alpha value is -3.26. The maximum absolute atomic E-state index is 6.06. The summed E-state index contributed by atoms with van der Waals surface area (Å²) in [6.07, 6.45) is 9.65. The monoisotopic (exact) mass is 416 g/mol. The summed E-state index contributed by atoms with van der Waals surface area (Å²) in [6, 6.07) is 13.4. The molecule has 0 saturated heterocycles. The van der Waals surface area contributed by atoms with Gasteiger partial charge in [0.05, 0.1) is 6.20 Å². The van der Waals surface area contributed by atoms with E-state index in [2.05, 4.69) is 66.2 Å². The van der Waals surface area contributed by atoms with Gasteiger partial charge in [-0.3, -0.25) is 5.10 Å². The number of nitrogens with two attached hydrogens (primary N) is 1. The first-order chi connectivity index (χ1) is 15.3. The van der Waals surface area contributed by atoms with Crippen molar-refractivity contribution < 1.29 is 0 Å². The number of nitrogen functional groups attached to an aromatic ring is 1. The molecular weight excluding hydrogens is 388 g/mol. The van der Waals surface area contributed by atoms with Gasteiger partial charge in [-0.05, 0) is 67.3 Å². The molecule has 5 rings (SSSR count). The number of anilines is 1. The summed E-state index contributed by atoms with van der Waals surface area (Å²) in [5.74, 6) is 1.28. The van der Waals surface area contributed by atoms with Crippen LogP contribution in [0.1, 0.15) is 60.6 Å². The van der Waals surface area contributed by atoms with Gasteiger partial charge >= 0.3 is 0 Å². The molecule has 4 aromatic rings. The van der Waals surface area contributed by atoms with Crippen molar-refractivity contribution in [2.75, 3.05) is 12.3 Å². The van der Waals surface area contributed by atoms with E-state index in [1.165, 1.54) is 31.2 Å². The molecule has 0 spiro atoms. The smallest absolute Gasteiger partial charge is 0.178 e. The van der Waals surface area contributed by atoms with E-state index in [1.54, 1.807) is 0 Å². The molecule has 1 aliphatic carbocycles. The number of aromatic amines is 2. The lowest BCUT2D eigenvalue weighted by molar-refractivity contribution is 0.340. The van der Waals surface area contributed by atoms with Crippen molar-refractivity contribution in [1.82, 2.24) is 35.9 Å². The number of rotatable bonds is 7. The number of H-pyrrole nitrogens is 2. The summed E-state index contributed by atoms with van der Waals surface area (Å²) >= 11 is 0. The predicted octanol–water partition coefficient (Wildman–Crippen LogP) is 3.50. The molecule has 8 heteroatoms. The zero-order chi connectivity index (χ0) is 21.0. The molecule has 5 N–H and O–H groups in total. The zero-order valence-electron chi connectivity index (χ0n) is 17.5. The summed E-state index contributed by atoms with van der Waals surface area (Å²) in [7, 11) is 0. The normalized spacial score (nSPS) is 20.1. The first kappa shape index (κ1) is 19.7. The van der Waals surface area contributed by atoms with Crippen molar-refractivity contribution in [2.45, 2.75) is 50.0 Å². The number of aromatic nitrogens is 6. The van der Waals surface area contributed by atoms with Gasteiger partial charge in [0, 0.05) is 18.2 Å². The van der Waals surface area contributed by atoms with E-state index in [9.17, 15) is 0 Å². The van der Waals surface area contributed by atoms with Gasteiger partial charge in [-0.1, -0.05) is 35.5 Å². The van der Waals surface area contributed by atoms with E-state index in [0.717, 1.165) is 29.6 Å². The molecule has 3 heterocycles. The van der Waals surface area contributed by atoms with Gasteiger partial charge in [0.2, 0.25) is 0 Å². The molecule has 1 unspecified atom stereocenters. The Kier molecular flexibility index (Phi) is 5.62. The number of hydrogen-bond donors (Lipinski definition) is 4. The molecule has 1 saturated carbocycles. The van der Waals surface area contributed by atoms with Crippen LogP contribution in [0.15, 0.2) is 48.8 Å². The molecule has 3 aromatic heterocycles. The Morgan fingerprint density at radius 1 is 1.13 bits per heavy atom. The lowest BCUT2D eigenvalue weighted by Gasteiger charge is -2.30. The van der Waals surface area contributed by atoms with Crippen molar-refractivity contribution in [2.24, 2.45) is 0 Å². The lowest BCUT2D eigenvalue weighted by Crippen LogP contribution is -2.34. The SMILES string of the molecule is Nc1cc(C(CCN[C@H]2CC[C@H](c3ccccc3)CC2)c2cn[nH]c2)c2nn[nH]c2n1. The van der Waals surface area contributed by atoms with E-state index in [4.69, 9.17) is 5.73 Å². The predicted molar refractivity (Wildman–Crippen MR) is 121 cm³/mol. The molecule has 0 amide bonds. The van der Waals surface area contributed by atoms with E-state index >= 15 is 0 Å². The van der Waals surface area contributed by atoms with E-state index in [1.807, 2.05) is 18.5 Å². The second kappa shape index (κ2) is 8.85. The van der Waals surface area contributed by atoms with Crippen molar-refractivity contribution >= 4 is 17.0 Å². The maximum Gasteiger partial charge on any atom is 0.178 e. The lowest BCUT2D eigenvalue weighted by atomic mass is 9.81. The molecule has 31 heavy (non-hydrogen) atoms. The summed E-state index contributed by atoms with van der Waals surface area (Å²) in [4.78, 5) is 4.30. The molecule has 8 nitrogen and oxygen atoms in total. The molecule has 160 valence electrons. The van der Waals surface area contributed by atoms with Crippen LogP contribution in [0.2, 0.25) is 0 Å². The number of benzene rings is 1. The van der Waals surface area contributed by atoms with Crippen LogP contribution in [-0.2, 0) is 0 Å². The fourth-order valence-electron chi connectivity index (χ4n) is 4.89. The first-order valence-electron chi connectivity index (χ1n) is 11.0. The van der Waals surface area contributed by atoms with E-state index in [-0.39, 0.29) is 5.92 Å². The van der Waals surface area contributed by atoms with E-state index in [0.29, 0.717) is 23.4 Å². The van der Waals surface area contributed by atoms with E-state index < -0.39 is 0 Å². The second-order valence-electron chi connectivity index (χ2n) is 8.43. The van der Waals surface area contributed by atoms with Crippen molar-refractivity contribution in [3.8, 4) is 0 Å². The summed E-state index contributed by atoms with van der Waals surface area (Å²) in [6.45, 7) is 0.915. The number of pyridine rings is 1. The van der Waals surface area contributed by atoms with Crippen LogP contribution in [0.4, 0.5) is 5.82 Å². The molecule has 0 radical (unpaired) electrons. The van der Waals surface area contributed by atoms with Gasteiger partial charge in [0.1, 0.15) is 11.3 Å². The third kappa shape index (κ3) is 4.29. The minimum Gasteiger partial charge on any atom is -0.384 e. The number of nitrogens with zero attached hydrogens (tertiary/aromatic N) is 4. The average Bonchev–Trinajstić information content (AvgIpc) is 3.50. The van der Waals surface area contributed by atoms with Crippen LogP contribution >= 0.6 is 0 Å². The van der Waals surface area contributed by atoms with Crippen LogP contribution in [0.3, 0.4) is 0 Å². The minimum absolute atomic E-state index is 0.116. The average molecular weight is 417 g/mol. The highest BCUT2D eigenvalue weighted by Crippen LogP contribution is 2.34. The van der Waals surface area contributed by atoms with Crippen molar-refractivity contribution in [3.63, 3.8) is 0 Å². The highest BCUT2D eigenvalue weighted by molar-refractivity contribution is 5.77. The fraction of sp³-hybridized carbons (Fsp3) is 0.391. The van der Waals surface area contributed by atoms with Gasteiger partial charge in [-0.15, -0.1) is 5.10 Å². The maximum atomic E-state index is 6.06. The molecular formula is C23H28N8. The van der Waals surface area contributed by atoms with Crippen LogP contribution in [0, 0.1) is 0 Å². The van der Waals surface area contributed by atoms with Gasteiger partial charge in [0.15, 0.2) is 5.65 Å². The highest BCUT2D eigenvalue weighted by atomic mass is 15.3. The first-order valence-corrected chi connectivity index (χ1v) is 11.0. The van der Waals surface area contributed by atoms with Crippen molar-refractivity contribution in [1.29, 1.82) is 0 Å². The standard InChI is InChI=1S/C23H28N8/c24-21-12-20(22-23(28-21)30-31-29-22)19(17-13-26-27-14-17)10-11-25-18-8-6-16(7-9-18)15-4-2-1-3-5-15/h1-5,12-14,16,18-19,25H,6-11H2,(H,26,27)(H3,24,28,29,30,31)/t16-,18-,19?. The summed E-state index contributed by atoms with van der Waals surface area (Å²) < 4.78 is 0. The largest absolute Gasteiger partial charge is 0.384 e. The number of nitrogens with one attached hydrogen (secondary N) is 3.